The summed E-state index contributed by atoms with van der Waals surface area (Å²) in [5.74, 6) is -3.08. The zero-order valence-corrected chi connectivity index (χ0v) is 10.5. The lowest BCUT2D eigenvalue weighted by molar-refractivity contribution is -0.141. The van der Waals surface area contributed by atoms with Crippen LogP contribution in [0.3, 0.4) is 0 Å². The average molecular weight is 272 g/mol. The summed E-state index contributed by atoms with van der Waals surface area (Å²) in [5, 5.41) is 13.5. The van der Waals surface area contributed by atoms with Gasteiger partial charge in [-0.3, -0.25) is 4.79 Å². The Morgan fingerprint density at radius 1 is 1.32 bits per heavy atom. The normalized spacial score (nSPS) is 11.8. The molecule has 3 N–H and O–H groups in total. The van der Waals surface area contributed by atoms with Crippen LogP contribution in [0.2, 0.25) is 0 Å². The van der Waals surface area contributed by atoms with Crippen molar-refractivity contribution in [1.82, 2.24) is 5.32 Å². The van der Waals surface area contributed by atoms with Crippen LogP contribution in [0.15, 0.2) is 12.1 Å². The van der Waals surface area contributed by atoms with Crippen molar-refractivity contribution in [1.29, 1.82) is 0 Å². The molecule has 0 saturated heterocycles. The summed E-state index contributed by atoms with van der Waals surface area (Å²) in [4.78, 5) is 21.6. The van der Waals surface area contributed by atoms with Crippen LogP contribution >= 0.6 is 0 Å². The highest BCUT2D eigenvalue weighted by molar-refractivity contribution is 5.82. The number of anilines is 1. The minimum atomic E-state index is -1.27. The van der Waals surface area contributed by atoms with Crippen LogP contribution in [0.5, 0.6) is 0 Å². The molecule has 0 radical (unpaired) electrons. The van der Waals surface area contributed by atoms with Gasteiger partial charge in [-0.2, -0.15) is 0 Å². The van der Waals surface area contributed by atoms with Gasteiger partial charge >= 0.3 is 5.97 Å². The molecule has 0 bridgehead atoms. The number of aryl methyl sites for hydroxylation is 1. The second-order valence-electron chi connectivity index (χ2n) is 4.05. The minimum Gasteiger partial charge on any atom is -0.480 e. The molecule has 1 unspecified atom stereocenters. The van der Waals surface area contributed by atoms with Crippen LogP contribution in [0.4, 0.5) is 14.5 Å². The molecule has 0 aromatic heterocycles. The molecule has 104 valence electrons. The van der Waals surface area contributed by atoms with E-state index in [9.17, 15) is 18.4 Å². The van der Waals surface area contributed by atoms with Gasteiger partial charge in [0.15, 0.2) is 0 Å². The number of hydrogen-bond acceptors (Lipinski definition) is 3. The maximum Gasteiger partial charge on any atom is 0.328 e. The second kappa shape index (κ2) is 6.12. The summed E-state index contributed by atoms with van der Waals surface area (Å²) in [7, 11) is 0. The number of aliphatic carboxylic acids is 1. The molecule has 0 spiro atoms. The fourth-order valence-corrected chi connectivity index (χ4v) is 1.44. The zero-order chi connectivity index (χ0) is 14.6. The lowest BCUT2D eigenvalue weighted by atomic mass is 10.2. The summed E-state index contributed by atoms with van der Waals surface area (Å²) >= 11 is 0. The first-order valence-electron chi connectivity index (χ1n) is 5.50. The molecule has 0 aliphatic carbocycles. The molecule has 0 aliphatic heterocycles. The Morgan fingerprint density at radius 3 is 2.47 bits per heavy atom. The topological polar surface area (TPSA) is 78.4 Å². The Hall–Kier alpha value is -2.18. The van der Waals surface area contributed by atoms with Gasteiger partial charge in [-0.15, -0.1) is 0 Å². The molecule has 1 rings (SSSR count). The number of carbonyl (C=O) groups excluding carboxylic acids is 1. The lowest BCUT2D eigenvalue weighted by Crippen LogP contribution is -2.44. The summed E-state index contributed by atoms with van der Waals surface area (Å²) < 4.78 is 26.7. The minimum absolute atomic E-state index is 0.152. The Morgan fingerprint density at radius 2 is 1.95 bits per heavy atom. The predicted octanol–water partition coefficient (Wildman–Crippen LogP) is 1.27. The monoisotopic (exact) mass is 272 g/mol. The Bertz CT molecular complexity index is 506. The van der Waals surface area contributed by atoms with E-state index >= 15 is 0 Å². The highest BCUT2D eigenvalue weighted by Gasteiger charge is 2.18. The van der Waals surface area contributed by atoms with Crippen LogP contribution in [0.1, 0.15) is 12.5 Å². The Balaban J connectivity index is 2.77. The molecule has 7 heteroatoms. The molecule has 0 fully saturated rings. The van der Waals surface area contributed by atoms with Crippen molar-refractivity contribution < 1.29 is 23.5 Å². The second-order valence-corrected chi connectivity index (χ2v) is 4.05. The van der Waals surface area contributed by atoms with Gasteiger partial charge < -0.3 is 15.7 Å². The number of benzene rings is 1. The van der Waals surface area contributed by atoms with Gasteiger partial charge in [-0.05, 0) is 18.6 Å². The number of rotatable bonds is 5. The van der Waals surface area contributed by atoms with Gasteiger partial charge in [0, 0.05) is 19.5 Å². The standard InChI is InChI=1S/C12H14F2N2O3/c1-6-3-9(14)10(4-8(6)13)15-5-11(12(18)19)16-7(2)17/h3-4,11,15H,5H2,1-2H3,(H,16,17)(H,18,19). The van der Waals surface area contributed by atoms with Crippen molar-refractivity contribution in [3.8, 4) is 0 Å². The van der Waals surface area contributed by atoms with Crippen molar-refractivity contribution in [2.24, 2.45) is 0 Å². The van der Waals surface area contributed by atoms with Gasteiger partial charge in [-0.25, -0.2) is 13.6 Å². The van der Waals surface area contributed by atoms with Crippen molar-refractivity contribution in [2.75, 3.05) is 11.9 Å². The SMILES string of the molecule is CC(=O)NC(CNc1cc(F)c(C)cc1F)C(=O)O. The third-order valence-electron chi connectivity index (χ3n) is 2.42. The average Bonchev–Trinajstić information content (AvgIpc) is 2.29. The molecular weight excluding hydrogens is 258 g/mol. The molecule has 1 aromatic rings. The van der Waals surface area contributed by atoms with Crippen LogP contribution in [-0.4, -0.2) is 29.6 Å². The van der Waals surface area contributed by atoms with E-state index < -0.39 is 29.6 Å². The van der Waals surface area contributed by atoms with Gasteiger partial charge in [0.25, 0.3) is 0 Å². The van der Waals surface area contributed by atoms with Crippen LogP contribution in [0.25, 0.3) is 0 Å². The number of carbonyl (C=O) groups is 2. The molecule has 1 amide bonds. The van der Waals surface area contributed by atoms with E-state index in [0.717, 1.165) is 12.1 Å². The van der Waals surface area contributed by atoms with Gasteiger partial charge in [0.1, 0.15) is 17.7 Å². The number of carboxylic acids is 1. The first-order valence-corrected chi connectivity index (χ1v) is 5.50. The summed E-state index contributed by atoms with van der Waals surface area (Å²) in [6, 6.07) is 0.727. The van der Waals surface area contributed by atoms with E-state index in [2.05, 4.69) is 10.6 Å². The van der Waals surface area contributed by atoms with E-state index in [1.54, 1.807) is 0 Å². The number of amides is 1. The van der Waals surface area contributed by atoms with Crippen LogP contribution < -0.4 is 10.6 Å². The van der Waals surface area contributed by atoms with Gasteiger partial charge in [0.2, 0.25) is 5.91 Å². The third-order valence-corrected chi connectivity index (χ3v) is 2.42. The summed E-state index contributed by atoms with van der Waals surface area (Å²) in [5.41, 5.74) is -0.000558. The molecule has 19 heavy (non-hydrogen) atoms. The van der Waals surface area contributed by atoms with E-state index in [0.29, 0.717) is 0 Å². The Labute approximate surface area is 108 Å². The number of carboxylic acid groups (broad SMARTS) is 1. The molecule has 0 saturated carbocycles. The number of halogens is 2. The number of nitrogens with one attached hydrogen (secondary N) is 2. The van der Waals surface area contributed by atoms with E-state index in [4.69, 9.17) is 5.11 Å². The Kier molecular flexibility index (Phi) is 4.80. The third kappa shape index (κ3) is 4.20. The largest absolute Gasteiger partial charge is 0.480 e. The first kappa shape index (κ1) is 14.9. The fourth-order valence-electron chi connectivity index (χ4n) is 1.44. The smallest absolute Gasteiger partial charge is 0.328 e. The van der Waals surface area contributed by atoms with E-state index in [-0.39, 0.29) is 17.8 Å². The van der Waals surface area contributed by atoms with Gasteiger partial charge in [-0.1, -0.05) is 0 Å². The van der Waals surface area contributed by atoms with Crippen LogP contribution in [0, 0.1) is 18.6 Å². The maximum absolute atomic E-state index is 13.5. The van der Waals surface area contributed by atoms with Crippen LogP contribution in [-0.2, 0) is 9.59 Å². The lowest BCUT2D eigenvalue weighted by Gasteiger charge is -2.15. The molecule has 0 aliphatic rings. The van der Waals surface area contributed by atoms with E-state index in [1.165, 1.54) is 13.8 Å². The van der Waals surface area contributed by atoms with Crippen molar-refractivity contribution in [3.05, 3.63) is 29.3 Å². The molecule has 5 nitrogen and oxygen atoms in total. The first-order chi connectivity index (χ1) is 8.81. The quantitative estimate of drug-likeness (QED) is 0.754. The molecule has 0 heterocycles. The fraction of sp³-hybridized carbons (Fsp3) is 0.333. The van der Waals surface area contributed by atoms with E-state index in [1.807, 2.05) is 0 Å². The summed E-state index contributed by atoms with van der Waals surface area (Å²) in [6.07, 6.45) is 0. The molecule has 1 aromatic carbocycles. The zero-order valence-electron chi connectivity index (χ0n) is 10.5. The maximum atomic E-state index is 13.5. The van der Waals surface area contributed by atoms with Gasteiger partial charge in [0.05, 0.1) is 5.69 Å². The predicted molar refractivity (Wildman–Crippen MR) is 64.8 cm³/mol. The van der Waals surface area contributed by atoms with Crippen molar-refractivity contribution >= 4 is 17.6 Å². The highest BCUT2D eigenvalue weighted by Crippen LogP contribution is 2.18. The number of hydrogen-bond donors (Lipinski definition) is 3. The molecular formula is C12H14F2N2O3. The molecule has 1 atom stereocenters. The van der Waals surface area contributed by atoms with Crippen molar-refractivity contribution in [3.63, 3.8) is 0 Å². The van der Waals surface area contributed by atoms with Crippen molar-refractivity contribution in [2.45, 2.75) is 19.9 Å². The highest BCUT2D eigenvalue weighted by atomic mass is 19.1. The summed E-state index contributed by atoms with van der Waals surface area (Å²) in [6.45, 7) is 2.33.